The van der Waals surface area contributed by atoms with E-state index in [1.807, 2.05) is 31.2 Å². The standard InChI is InChI=1S/C16H18N2O2/c1-11-4-7-13(8-5-11)18(2)16(19)14-9-6-12(17)10-15(14)20-3/h4-10H,17H2,1-3H3. The number of amides is 1. The van der Waals surface area contributed by atoms with Crippen LogP contribution in [-0.4, -0.2) is 20.1 Å². The summed E-state index contributed by atoms with van der Waals surface area (Å²) in [5, 5.41) is 0. The van der Waals surface area contributed by atoms with Crippen LogP contribution in [0.15, 0.2) is 42.5 Å². The van der Waals surface area contributed by atoms with E-state index in [0.717, 1.165) is 11.3 Å². The average Bonchev–Trinajstić information content (AvgIpc) is 2.46. The molecule has 4 heteroatoms. The molecule has 0 saturated carbocycles. The summed E-state index contributed by atoms with van der Waals surface area (Å²) in [4.78, 5) is 14.1. The molecule has 0 atom stereocenters. The predicted octanol–water partition coefficient (Wildman–Crippen LogP) is 2.86. The van der Waals surface area contributed by atoms with Crippen molar-refractivity contribution in [3.63, 3.8) is 0 Å². The molecule has 2 N–H and O–H groups in total. The van der Waals surface area contributed by atoms with Gasteiger partial charge in [-0.1, -0.05) is 17.7 Å². The van der Waals surface area contributed by atoms with Crippen LogP contribution in [0.5, 0.6) is 5.75 Å². The van der Waals surface area contributed by atoms with E-state index in [0.29, 0.717) is 17.0 Å². The lowest BCUT2D eigenvalue weighted by molar-refractivity contribution is 0.0990. The third-order valence-corrected chi connectivity index (χ3v) is 3.18. The molecule has 0 heterocycles. The molecule has 0 aliphatic rings. The molecule has 0 bridgehead atoms. The Kier molecular flexibility index (Phi) is 3.94. The van der Waals surface area contributed by atoms with Crippen LogP contribution in [0, 0.1) is 6.92 Å². The highest BCUT2D eigenvalue weighted by Gasteiger charge is 2.17. The second-order valence-electron chi connectivity index (χ2n) is 4.66. The van der Waals surface area contributed by atoms with Crippen LogP contribution in [0.25, 0.3) is 0 Å². The Morgan fingerprint density at radius 1 is 1.15 bits per heavy atom. The van der Waals surface area contributed by atoms with Gasteiger partial charge in [0.05, 0.1) is 12.7 Å². The van der Waals surface area contributed by atoms with Crippen molar-refractivity contribution in [1.82, 2.24) is 0 Å². The van der Waals surface area contributed by atoms with Gasteiger partial charge in [0.25, 0.3) is 5.91 Å². The van der Waals surface area contributed by atoms with Crippen molar-refractivity contribution in [3.05, 3.63) is 53.6 Å². The molecule has 4 nitrogen and oxygen atoms in total. The van der Waals surface area contributed by atoms with E-state index in [4.69, 9.17) is 10.5 Å². The molecular formula is C16H18N2O2. The number of hydrogen-bond acceptors (Lipinski definition) is 3. The van der Waals surface area contributed by atoms with Crippen LogP contribution >= 0.6 is 0 Å². The van der Waals surface area contributed by atoms with Crippen LogP contribution in [0.1, 0.15) is 15.9 Å². The van der Waals surface area contributed by atoms with Crippen molar-refractivity contribution in [3.8, 4) is 5.75 Å². The molecule has 0 aliphatic carbocycles. The molecule has 0 aliphatic heterocycles. The van der Waals surface area contributed by atoms with Crippen LogP contribution in [0.3, 0.4) is 0 Å². The van der Waals surface area contributed by atoms with Gasteiger partial charge in [-0.25, -0.2) is 0 Å². The molecule has 0 radical (unpaired) electrons. The molecule has 104 valence electrons. The normalized spacial score (nSPS) is 10.2. The maximum Gasteiger partial charge on any atom is 0.261 e. The number of nitrogens with two attached hydrogens (primary N) is 1. The summed E-state index contributed by atoms with van der Waals surface area (Å²) >= 11 is 0. The van der Waals surface area contributed by atoms with Crippen molar-refractivity contribution < 1.29 is 9.53 Å². The Morgan fingerprint density at radius 2 is 1.80 bits per heavy atom. The Hall–Kier alpha value is -2.49. The average molecular weight is 270 g/mol. The van der Waals surface area contributed by atoms with Crippen molar-refractivity contribution >= 4 is 17.3 Å². The predicted molar refractivity (Wildman–Crippen MR) is 81.3 cm³/mol. The molecule has 20 heavy (non-hydrogen) atoms. The quantitative estimate of drug-likeness (QED) is 0.872. The molecule has 0 spiro atoms. The summed E-state index contributed by atoms with van der Waals surface area (Å²) < 4.78 is 5.22. The van der Waals surface area contributed by atoms with Gasteiger partial charge >= 0.3 is 0 Å². The van der Waals surface area contributed by atoms with Gasteiger partial charge in [0.15, 0.2) is 0 Å². The molecular weight excluding hydrogens is 252 g/mol. The highest BCUT2D eigenvalue weighted by Crippen LogP contribution is 2.24. The second-order valence-corrected chi connectivity index (χ2v) is 4.66. The van der Waals surface area contributed by atoms with E-state index in [1.165, 1.54) is 7.11 Å². The zero-order valence-electron chi connectivity index (χ0n) is 11.9. The number of carbonyl (C=O) groups excluding carboxylic acids is 1. The number of benzene rings is 2. The first kappa shape index (κ1) is 13.9. The Morgan fingerprint density at radius 3 is 2.40 bits per heavy atom. The molecule has 0 fully saturated rings. The van der Waals surface area contributed by atoms with Crippen molar-refractivity contribution in [1.29, 1.82) is 0 Å². The first-order valence-corrected chi connectivity index (χ1v) is 6.31. The second kappa shape index (κ2) is 5.65. The minimum Gasteiger partial charge on any atom is -0.496 e. The molecule has 0 saturated heterocycles. The lowest BCUT2D eigenvalue weighted by Gasteiger charge is -2.19. The zero-order chi connectivity index (χ0) is 14.7. The Labute approximate surface area is 118 Å². The number of anilines is 2. The SMILES string of the molecule is COc1cc(N)ccc1C(=O)N(C)c1ccc(C)cc1. The van der Waals surface area contributed by atoms with Crippen LogP contribution < -0.4 is 15.4 Å². The van der Waals surface area contributed by atoms with E-state index in [2.05, 4.69) is 0 Å². The van der Waals surface area contributed by atoms with Gasteiger partial charge in [-0.2, -0.15) is 0 Å². The topological polar surface area (TPSA) is 55.6 Å². The fraction of sp³-hybridized carbons (Fsp3) is 0.188. The van der Waals surface area contributed by atoms with Gasteiger partial charge in [-0.15, -0.1) is 0 Å². The van der Waals surface area contributed by atoms with Gasteiger partial charge < -0.3 is 15.4 Å². The fourth-order valence-corrected chi connectivity index (χ4v) is 1.95. The number of nitrogen functional groups attached to an aromatic ring is 1. The van der Waals surface area contributed by atoms with Gasteiger partial charge in [-0.3, -0.25) is 4.79 Å². The lowest BCUT2D eigenvalue weighted by Crippen LogP contribution is -2.26. The van der Waals surface area contributed by atoms with Crippen molar-refractivity contribution in [2.24, 2.45) is 0 Å². The Balaban J connectivity index is 2.33. The van der Waals surface area contributed by atoms with Crippen molar-refractivity contribution in [2.75, 3.05) is 24.8 Å². The van der Waals surface area contributed by atoms with E-state index in [1.54, 1.807) is 30.1 Å². The number of hydrogen-bond donors (Lipinski definition) is 1. The third kappa shape index (κ3) is 2.74. The maximum atomic E-state index is 12.5. The first-order chi connectivity index (χ1) is 9.52. The summed E-state index contributed by atoms with van der Waals surface area (Å²) in [6.45, 7) is 2.01. The number of carbonyl (C=O) groups is 1. The fourth-order valence-electron chi connectivity index (χ4n) is 1.95. The molecule has 0 unspecified atom stereocenters. The van der Waals surface area contributed by atoms with E-state index in [-0.39, 0.29) is 5.91 Å². The number of ether oxygens (including phenoxy) is 1. The smallest absolute Gasteiger partial charge is 0.261 e. The van der Waals surface area contributed by atoms with E-state index in [9.17, 15) is 4.79 Å². The molecule has 2 aromatic rings. The lowest BCUT2D eigenvalue weighted by atomic mass is 10.1. The van der Waals surface area contributed by atoms with Gasteiger partial charge in [0.2, 0.25) is 0 Å². The van der Waals surface area contributed by atoms with E-state index < -0.39 is 0 Å². The summed E-state index contributed by atoms with van der Waals surface area (Å²) in [7, 11) is 3.26. The van der Waals surface area contributed by atoms with Crippen LogP contribution in [-0.2, 0) is 0 Å². The zero-order valence-corrected chi connectivity index (χ0v) is 11.9. The molecule has 1 amide bonds. The van der Waals surface area contributed by atoms with Gasteiger partial charge in [-0.05, 0) is 31.2 Å². The van der Waals surface area contributed by atoms with Gasteiger partial charge in [0.1, 0.15) is 5.75 Å². The summed E-state index contributed by atoms with van der Waals surface area (Å²) in [5.74, 6) is 0.347. The Bertz CT molecular complexity index is 621. The van der Waals surface area contributed by atoms with Gasteiger partial charge in [0, 0.05) is 24.5 Å². The minimum atomic E-state index is -0.134. The highest BCUT2D eigenvalue weighted by atomic mass is 16.5. The number of nitrogens with zero attached hydrogens (tertiary/aromatic N) is 1. The number of methoxy groups -OCH3 is 1. The van der Waals surface area contributed by atoms with Crippen LogP contribution in [0.2, 0.25) is 0 Å². The van der Waals surface area contributed by atoms with E-state index >= 15 is 0 Å². The highest BCUT2D eigenvalue weighted by molar-refractivity contribution is 6.07. The minimum absolute atomic E-state index is 0.134. The summed E-state index contributed by atoms with van der Waals surface area (Å²) in [5.41, 5.74) is 8.74. The maximum absolute atomic E-state index is 12.5. The summed E-state index contributed by atoms with van der Waals surface area (Å²) in [6, 6.07) is 12.8. The molecule has 2 aromatic carbocycles. The van der Waals surface area contributed by atoms with Crippen LogP contribution in [0.4, 0.5) is 11.4 Å². The molecule has 0 aromatic heterocycles. The number of rotatable bonds is 3. The van der Waals surface area contributed by atoms with Crippen molar-refractivity contribution in [2.45, 2.75) is 6.92 Å². The third-order valence-electron chi connectivity index (χ3n) is 3.18. The monoisotopic (exact) mass is 270 g/mol. The number of aryl methyl sites for hydroxylation is 1. The summed E-state index contributed by atoms with van der Waals surface area (Å²) in [6.07, 6.45) is 0. The molecule has 2 rings (SSSR count). The first-order valence-electron chi connectivity index (χ1n) is 6.31. The largest absolute Gasteiger partial charge is 0.496 e.